The zero-order chi connectivity index (χ0) is 20.5. The monoisotopic (exact) mass is 390 g/mol. The number of benzene rings is 1. The Morgan fingerprint density at radius 1 is 1.11 bits per heavy atom. The maximum absolute atomic E-state index is 12.1. The first kappa shape index (κ1) is 20.8. The normalized spacial score (nSPS) is 10.3. The number of hydrogen-bond acceptors (Lipinski definition) is 7. The SMILES string of the molecule is COc1cc(C(=O)OCC(=O)NNC(=O)c2ccco2)ccc1OCC(C)C. The Labute approximate surface area is 161 Å². The van der Waals surface area contributed by atoms with E-state index < -0.39 is 24.4 Å². The summed E-state index contributed by atoms with van der Waals surface area (Å²) in [4.78, 5) is 35.4. The molecule has 9 nitrogen and oxygen atoms in total. The molecule has 2 amide bonds. The molecule has 0 spiro atoms. The van der Waals surface area contributed by atoms with Gasteiger partial charge >= 0.3 is 11.9 Å². The van der Waals surface area contributed by atoms with Crippen LogP contribution in [-0.4, -0.2) is 38.1 Å². The summed E-state index contributed by atoms with van der Waals surface area (Å²) in [6.45, 7) is 3.95. The van der Waals surface area contributed by atoms with Gasteiger partial charge in [0.15, 0.2) is 23.9 Å². The van der Waals surface area contributed by atoms with Crippen molar-refractivity contribution in [2.75, 3.05) is 20.3 Å². The van der Waals surface area contributed by atoms with Crippen molar-refractivity contribution >= 4 is 17.8 Å². The van der Waals surface area contributed by atoms with Crippen molar-refractivity contribution in [3.8, 4) is 11.5 Å². The Morgan fingerprint density at radius 2 is 1.89 bits per heavy atom. The van der Waals surface area contributed by atoms with E-state index in [0.717, 1.165) is 0 Å². The van der Waals surface area contributed by atoms with Gasteiger partial charge in [0.25, 0.3) is 5.91 Å². The average molecular weight is 390 g/mol. The van der Waals surface area contributed by atoms with E-state index in [1.165, 1.54) is 37.6 Å². The van der Waals surface area contributed by atoms with E-state index in [1.54, 1.807) is 6.07 Å². The van der Waals surface area contributed by atoms with E-state index in [0.29, 0.717) is 24.0 Å². The highest BCUT2D eigenvalue weighted by Gasteiger charge is 2.15. The Balaban J connectivity index is 1.84. The summed E-state index contributed by atoms with van der Waals surface area (Å²) in [5.41, 5.74) is 4.45. The Hall–Kier alpha value is -3.49. The van der Waals surface area contributed by atoms with Crippen molar-refractivity contribution in [3.63, 3.8) is 0 Å². The lowest BCUT2D eigenvalue weighted by Crippen LogP contribution is -2.43. The zero-order valence-electron chi connectivity index (χ0n) is 15.8. The summed E-state index contributed by atoms with van der Waals surface area (Å²) in [7, 11) is 1.46. The Kier molecular flexibility index (Phi) is 7.44. The second-order valence-electron chi connectivity index (χ2n) is 6.13. The number of ether oxygens (including phenoxy) is 3. The summed E-state index contributed by atoms with van der Waals surface area (Å²) in [5, 5.41) is 0. The number of hydrogen-bond donors (Lipinski definition) is 2. The molecule has 2 N–H and O–H groups in total. The number of rotatable bonds is 8. The molecule has 150 valence electrons. The molecule has 0 radical (unpaired) electrons. The maximum Gasteiger partial charge on any atom is 0.338 e. The molecule has 2 aromatic rings. The van der Waals surface area contributed by atoms with Crippen LogP contribution in [0.5, 0.6) is 11.5 Å². The molecule has 0 saturated heterocycles. The highest BCUT2D eigenvalue weighted by Crippen LogP contribution is 2.28. The van der Waals surface area contributed by atoms with Gasteiger partial charge in [-0.15, -0.1) is 0 Å². The van der Waals surface area contributed by atoms with Crippen molar-refractivity contribution < 1.29 is 33.0 Å². The molecule has 1 aromatic heterocycles. The Morgan fingerprint density at radius 3 is 2.54 bits per heavy atom. The summed E-state index contributed by atoms with van der Waals surface area (Å²) in [5.74, 6) is -0.813. The third-order valence-electron chi connectivity index (χ3n) is 3.37. The quantitative estimate of drug-likeness (QED) is 0.523. The van der Waals surface area contributed by atoms with E-state index in [-0.39, 0.29) is 11.3 Å². The number of hydrazine groups is 1. The van der Waals surface area contributed by atoms with Gasteiger partial charge in [-0.25, -0.2) is 4.79 Å². The second kappa shape index (κ2) is 10.0. The van der Waals surface area contributed by atoms with Crippen LogP contribution in [0.2, 0.25) is 0 Å². The lowest BCUT2D eigenvalue weighted by Gasteiger charge is -2.13. The summed E-state index contributed by atoms with van der Waals surface area (Å²) in [6.07, 6.45) is 1.33. The predicted octanol–water partition coefficient (Wildman–Crippen LogP) is 1.94. The van der Waals surface area contributed by atoms with Crippen LogP contribution >= 0.6 is 0 Å². The van der Waals surface area contributed by atoms with Gasteiger partial charge in [0.2, 0.25) is 0 Å². The highest BCUT2D eigenvalue weighted by atomic mass is 16.5. The molecule has 2 rings (SSSR count). The number of carbonyl (C=O) groups excluding carboxylic acids is 3. The van der Waals surface area contributed by atoms with Gasteiger partial charge in [-0.05, 0) is 36.2 Å². The van der Waals surface area contributed by atoms with E-state index in [9.17, 15) is 14.4 Å². The molecular formula is C19H22N2O7. The lowest BCUT2D eigenvalue weighted by atomic mass is 10.2. The first-order chi connectivity index (χ1) is 13.4. The second-order valence-corrected chi connectivity index (χ2v) is 6.13. The minimum Gasteiger partial charge on any atom is -0.493 e. The molecule has 0 aliphatic rings. The fourth-order valence-corrected chi connectivity index (χ4v) is 2.02. The van der Waals surface area contributed by atoms with Crippen LogP contribution in [0.1, 0.15) is 34.8 Å². The van der Waals surface area contributed by atoms with Crippen LogP contribution in [0.15, 0.2) is 41.0 Å². The fourth-order valence-electron chi connectivity index (χ4n) is 2.02. The van der Waals surface area contributed by atoms with Crippen LogP contribution in [0.4, 0.5) is 0 Å². The summed E-state index contributed by atoms with van der Waals surface area (Å²) in [6, 6.07) is 7.54. The Bertz CT molecular complexity index is 816. The fraction of sp³-hybridized carbons (Fsp3) is 0.316. The molecular weight excluding hydrogens is 368 g/mol. The number of esters is 1. The molecule has 28 heavy (non-hydrogen) atoms. The number of carbonyl (C=O) groups is 3. The van der Waals surface area contributed by atoms with Gasteiger partial charge < -0.3 is 18.6 Å². The molecule has 1 aromatic carbocycles. The molecule has 0 bridgehead atoms. The van der Waals surface area contributed by atoms with Gasteiger partial charge in [-0.1, -0.05) is 13.8 Å². The van der Waals surface area contributed by atoms with Crippen LogP contribution in [0.3, 0.4) is 0 Å². The maximum atomic E-state index is 12.1. The first-order valence-corrected chi connectivity index (χ1v) is 8.51. The first-order valence-electron chi connectivity index (χ1n) is 8.51. The van der Waals surface area contributed by atoms with Crippen LogP contribution < -0.4 is 20.3 Å². The van der Waals surface area contributed by atoms with Gasteiger partial charge in [0.05, 0.1) is 25.5 Å². The zero-order valence-corrected chi connectivity index (χ0v) is 15.8. The topological polar surface area (TPSA) is 116 Å². The van der Waals surface area contributed by atoms with E-state index >= 15 is 0 Å². The molecule has 0 saturated carbocycles. The number of methoxy groups -OCH3 is 1. The van der Waals surface area contributed by atoms with Crippen LogP contribution in [-0.2, 0) is 9.53 Å². The molecule has 0 unspecified atom stereocenters. The van der Waals surface area contributed by atoms with Gasteiger partial charge in [0.1, 0.15) is 0 Å². The predicted molar refractivity (Wildman–Crippen MR) is 97.9 cm³/mol. The van der Waals surface area contributed by atoms with Crippen molar-refractivity contribution in [3.05, 3.63) is 47.9 Å². The van der Waals surface area contributed by atoms with Crippen molar-refractivity contribution in [1.82, 2.24) is 10.9 Å². The van der Waals surface area contributed by atoms with E-state index in [1.807, 2.05) is 13.8 Å². The molecule has 0 aliphatic carbocycles. The molecule has 0 fully saturated rings. The van der Waals surface area contributed by atoms with E-state index in [2.05, 4.69) is 10.9 Å². The third-order valence-corrected chi connectivity index (χ3v) is 3.37. The molecule has 0 aliphatic heterocycles. The standard InChI is InChI=1S/C19H22N2O7/c1-12(2)10-27-14-7-6-13(9-16(14)25-3)19(24)28-11-17(22)20-21-18(23)15-5-4-8-26-15/h4-9,12H,10-11H2,1-3H3,(H,20,22)(H,21,23). The summed E-state index contributed by atoms with van der Waals surface area (Å²) < 4.78 is 20.6. The summed E-state index contributed by atoms with van der Waals surface area (Å²) >= 11 is 0. The molecule has 9 heteroatoms. The van der Waals surface area contributed by atoms with Gasteiger partial charge in [-0.2, -0.15) is 0 Å². The van der Waals surface area contributed by atoms with Crippen LogP contribution in [0, 0.1) is 5.92 Å². The highest BCUT2D eigenvalue weighted by molar-refractivity contribution is 5.94. The van der Waals surface area contributed by atoms with E-state index in [4.69, 9.17) is 18.6 Å². The minimum atomic E-state index is -0.721. The van der Waals surface area contributed by atoms with Crippen LogP contribution in [0.25, 0.3) is 0 Å². The number of nitrogens with one attached hydrogen (secondary N) is 2. The smallest absolute Gasteiger partial charge is 0.338 e. The van der Waals surface area contributed by atoms with Crippen molar-refractivity contribution in [2.24, 2.45) is 5.92 Å². The third kappa shape index (κ3) is 6.04. The number of amides is 2. The average Bonchev–Trinajstić information content (AvgIpc) is 3.23. The van der Waals surface area contributed by atoms with Crippen molar-refractivity contribution in [2.45, 2.75) is 13.8 Å². The van der Waals surface area contributed by atoms with Gasteiger partial charge in [0, 0.05) is 0 Å². The molecule has 0 atom stereocenters. The van der Waals surface area contributed by atoms with Gasteiger partial charge in [-0.3, -0.25) is 20.4 Å². The molecule has 1 heterocycles. The number of furan rings is 1. The van der Waals surface area contributed by atoms with Crippen molar-refractivity contribution in [1.29, 1.82) is 0 Å². The largest absolute Gasteiger partial charge is 0.493 e. The minimum absolute atomic E-state index is 0.0316. The lowest BCUT2D eigenvalue weighted by molar-refractivity contribution is -0.125.